The van der Waals surface area contributed by atoms with E-state index in [1.165, 1.54) is 18.4 Å². The third kappa shape index (κ3) is 2.82. The van der Waals surface area contributed by atoms with Crippen molar-refractivity contribution in [1.82, 2.24) is 13.9 Å². The highest BCUT2D eigenvalue weighted by Crippen LogP contribution is 2.15. The van der Waals surface area contributed by atoms with E-state index in [-0.39, 0.29) is 19.1 Å². The van der Waals surface area contributed by atoms with Crippen molar-refractivity contribution in [2.75, 3.05) is 27.2 Å². The molecule has 1 unspecified atom stereocenters. The molecule has 1 amide bonds. The van der Waals surface area contributed by atoms with Crippen LogP contribution in [0.3, 0.4) is 0 Å². The van der Waals surface area contributed by atoms with Crippen molar-refractivity contribution in [1.29, 1.82) is 0 Å². The zero-order valence-electron chi connectivity index (χ0n) is 8.85. The molecular formula is C7H13ClFN3O3S. The average molecular weight is 274 g/mol. The number of carbonyl (C=O) groups excluding carboxylic acids is 1. The zero-order valence-corrected chi connectivity index (χ0v) is 10.4. The average Bonchev–Trinajstić information content (AvgIpc) is 2.08. The lowest BCUT2D eigenvalue weighted by molar-refractivity contribution is -0.124. The number of rotatable bonds is 4. The van der Waals surface area contributed by atoms with Gasteiger partial charge in [0.25, 0.3) is 21.7 Å². The van der Waals surface area contributed by atoms with Crippen LogP contribution < -0.4 is 5.32 Å². The lowest BCUT2D eigenvalue weighted by atomic mass is 10.2. The Bertz CT molecular complexity index is 367. The molecule has 1 N–H and O–H groups in total. The number of halogens is 2. The number of nitrogens with one attached hydrogen (secondary N) is 1. The molecule has 0 radical (unpaired) electrons. The van der Waals surface area contributed by atoms with Gasteiger partial charge in [0.1, 0.15) is 0 Å². The van der Waals surface area contributed by atoms with Crippen molar-refractivity contribution in [2.45, 2.75) is 11.7 Å². The third-order valence-corrected chi connectivity index (χ3v) is 4.25. The number of alkyl halides is 2. The Morgan fingerprint density at radius 3 is 2.44 bits per heavy atom. The molecule has 9 heteroatoms. The van der Waals surface area contributed by atoms with Gasteiger partial charge in [-0.15, -0.1) is 0 Å². The van der Waals surface area contributed by atoms with E-state index in [0.29, 0.717) is 0 Å². The fourth-order valence-electron chi connectivity index (χ4n) is 1.21. The van der Waals surface area contributed by atoms with Gasteiger partial charge in [-0.05, 0) is 0 Å². The molecule has 1 aliphatic rings. The molecular weight excluding hydrogens is 261 g/mol. The molecule has 94 valence electrons. The molecule has 0 aromatic heterocycles. The molecule has 6 nitrogen and oxygen atoms in total. The summed E-state index contributed by atoms with van der Waals surface area (Å²) in [5.74, 6) is -0.937. The van der Waals surface area contributed by atoms with Crippen LogP contribution in [0, 0.1) is 0 Å². The van der Waals surface area contributed by atoms with Crippen LogP contribution >= 0.6 is 11.6 Å². The van der Waals surface area contributed by atoms with Crippen LogP contribution in [0.4, 0.5) is 4.39 Å². The summed E-state index contributed by atoms with van der Waals surface area (Å²) in [7, 11) is -0.612. The Balaban J connectivity index is 2.42. The molecule has 0 spiro atoms. The maximum absolute atomic E-state index is 12.3. The smallest absolute Gasteiger partial charge is 0.281 e. The van der Waals surface area contributed by atoms with Crippen molar-refractivity contribution in [3.63, 3.8) is 0 Å². The number of carbonyl (C=O) groups is 1. The van der Waals surface area contributed by atoms with E-state index in [2.05, 4.69) is 5.32 Å². The highest BCUT2D eigenvalue weighted by atomic mass is 35.5. The van der Waals surface area contributed by atoms with Crippen LogP contribution in [0.5, 0.6) is 0 Å². The van der Waals surface area contributed by atoms with E-state index in [0.717, 1.165) is 4.31 Å². The van der Waals surface area contributed by atoms with Gasteiger partial charge in [-0.25, -0.2) is 4.39 Å². The molecule has 1 fully saturated rings. The Kier molecular flexibility index (Phi) is 4.11. The fourth-order valence-corrected chi connectivity index (χ4v) is 2.47. The Hall–Kier alpha value is -0.440. The molecule has 1 rings (SSSR count). The maximum Gasteiger partial charge on any atom is 0.281 e. The number of hydrogen-bond donors (Lipinski definition) is 1. The van der Waals surface area contributed by atoms with Gasteiger partial charge >= 0.3 is 0 Å². The van der Waals surface area contributed by atoms with E-state index >= 15 is 0 Å². The van der Waals surface area contributed by atoms with E-state index < -0.39 is 21.7 Å². The molecule has 1 saturated heterocycles. The highest BCUT2D eigenvalue weighted by Gasteiger charge is 2.38. The molecule has 0 aromatic rings. The van der Waals surface area contributed by atoms with Gasteiger partial charge in [0.05, 0.1) is 6.04 Å². The van der Waals surface area contributed by atoms with E-state index in [4.69, 9.17) is 11.6 Å². The van der Waals surface area contributed by atoms with Crippen molar-refractivity contribution < 1.29 is 17.6 Å². The zero-order chi connectivity index (χ0) is 12.5. The van der Waals surface area contributed by atoms with Gasteiger partial charge in [0.15, 0.2) is 0 Å². The first-order valence-electron chi connectivity index (χ1n) is 4.51. The molecule has 1 heterocycles. The van der Waals surface area contributed by atoms with Gasteiger partial charge in [0, 0.05) is 27.2 Å². The van der Waals surface area contributed by atoms with Crippen LogP contribution in [0.15, 0.2) is 0 Å². The Morgan fingerprint density at radius 2 is 2.06 bits per heavy atom. The highest BCUT2D eigenvalue weighted by molar-refractivity contribution is 7.86. The third-order valence-electron chi connectivity index (χ3n) is 2.18. The minimum atomic E-state index is -3.44. The molecule has 16 heavy (non-hydrogen) atoms. The second-order valence-corrected chi connectivity index (χ2v) is 6.14. The molecule has 0 aliphatic carbocycles. The minimum Gasteiger partial charge on any atom is -0.347 e. The first kappa shape index (κ1) is 13.6. The molecule has 1 atom stereocenters. The summed E-state index contributed by atoms with van der Waals surface area (Å²) in [5.41, 5.74) is -2.10. The van der Waals surface area contributed by atoms with Crippen LogP contribution in [0.25, 0.3) is 0 Å². The van der Waals surface area contributed by atoms with Gasteiger partial charge < -0.3 is 5.32 Å². The quantitative estimate of drug-likeness (QED) is 0.677. The van der Waals surface area contributed by atoms with Crippen LogP contribution in [0.2, 0.25) is 0 Å². The fraction of sp³-hybridized carbons (Fsp3) is 0.857. The van der Waals surface area contributed by atoms with E-state index in [1.54, 1.807) is 0 Å². The summed E-state index contributed by atoms with van der Waals surface area (Å²) in [5, 5.41) is 2.29. The summed E-state index contributed by atoms with van der Waals surface area (Å²) >= 11 is 4.91. The summed E-state index contributed by atoms with van der Waals surface area (Å²) in [6.07, 6.45) is 0. The topological polar surface area (TPSA) is 69.7 Å². The molecule has 0 aromatic carbocycles. The van der Waals surface area contributed by atoms with E-state index in [1.807, 2.05) is 0 Å². The Labute approximate surface area is 98.5 Å². The SMILES string of the molecule is CN(C)S(=O)(=O)N1CC(NC(=O)C(F)Cl)C1. The first-order chi connectivity index (χ1) is 7.25. The van der Waals surface area contributed by atoms with Crippen LogP contribution in [0.1, 0.15) is 0 Å². The van der Waals surface area contributed by atoms with Gasteiger partial charge in [-0.2, -0.15) is 17.0 Å². The van der Waals surface area contributed by atoms with Crippen molar-refractivity contribution in [2.24, 2.45) is 0 Å². The molecule has 0 bridgehead atoms. The normalized spacial score (nSPS) is 20.6. The monoisotopic (exact) mass is 273 g/mol. The Morgan fingerprint density at radius 1 is 1.56 bits per heavy atom. The first-order valence-corrected chi connectivity index (χ1v) is 6.34. The van der Waals surface area contributed by atoms with Gasteiger partial charge in [-0.1, -0.05) is 11.6 Å². The van der Waals surface area contributed by atoms with Crippen LogP contribution in [-0.4, -0.2) is 61.8 Å². The van der Waals surface area contributed by atoms with Crippen LogP contribution in [-0.2, 0) is 15.0 Å². The van der Waals surface area contributed by atoms with Crippen molar-refractivity contribution in [3.8, 4) is 0 Å². The summed E-state index contributed by atoms with van der Waals surface area (Å²) < 4.78 is 37.6. The maximum atomic E-state index is 12.3. The summed E-state index contributed by atoms with van der Waals surface area (Å²) in [6, 6.07) is -0.376. The van der Waals surface area contributed by atoms with Crippen molar-refractivity contribution >= 4 is 27.7 Å². The molecule has 0 saturated carbocycles. The predicted molar refractivity (Wildman–Crippen MR) is 56.9 cm³/mol. The molecule has 1 aliphatic heterocycles. The van der Waals surface area contributed by atoms with Crippen molar-refractivity contribution in [3.05, 3.63) is 0 Å². The number of amides is 1. The largest absolute Gasteiger partial charge is 0.347 e. The summed E-state index contributed by atoms with van der Waals surface area (Å²) in [4.78, 5) is 10.8. The number of nitrogens with zero attached hydrogens (tertiary/aromatic N) is 2. The summed E-state index contributed by atoms with van der Waals surface area (Å²) in [6.45, 7) is 0.270. The van der Waals surface area contributed by atoms with Gasteiger partial charge in [0.2, 0.25) is 0 Å². The lowest BCUT2D eigenvalue weighted by Gasteiger charge is -2.39. The number of hydrogen-bond acceptors (Lipinski definition) is 3. The lowest BCUT2D eigenvalue weighted by Crippen LogP contribution is -2.63. The minimum absolute atomic E-state index is 0.135. The second kappa shape index (κ2) is 4.82. The predicted octanol–water partition coefficient (Wildman–Crippen LogP) is -0.872. The van der Waals surface area contributed by atoms with E-state index in [9.17, 15) is 17.6 Å². The van der Waals surface area contributed by atoms with Gasteiger partial charge in [-0.3, -0.25) is 4.79 Å². The second-order valence-electron chi connectivity index (χ2n) is 3.61. The standard InChI is InChI=1S/C7H13ClFN3O3S/c1-11(2)16(14,15)12-3-5(4-12)10-7(13)6(8)9/h5-6H,3-4H2,1-2H3,(H,10,13).